The minimum absolute atomic E-state index is 0.122. The van der Waals surface area contributed by atoms with E-state index in [2.05, 4.69) is 25.6 Å². The molecular formula is C13H10BrN3O2S. The van der Waals surface area contributed by atoms with Crippen molar-refractivity contribution in [2.24, 2.45) is 0 Å². The van der Waals surface area contributed by atoms with Gasteiger partial charge in [0.1, 0.15) is 0 Å². The lowest BCUT2D eigenvalue weighted by atomic mass is 10.2. The molecule has 0 bridgehead atoms. The molecule has 1 aromatic carbocycles. The second-order valence-electron chi connectivity index (χ2n) is 3.92. The summed E-state index contributed by atoms with van der Waals surface area (Å²) in [5.74, 6) is 0.230. The van der Waals surface area contributed by atoms with Crippen LogP contribution in [0.5, 0.6) is 0 Å². The standard InChI is InChI=1S/C13H10BrN3O2S/c14-12-2-1-9-16-13(12)17-20(18,19)11-5-3-10(4-6-11)7-8-15/h1-6,9H,7H2,(H,16,17). The number of hydrogen-bond acceptors (Lipinski definition) is 4. The van der Waals surface area contributed by atoms with Gasteiger partial charge in [-0.1, -0.05) is 12.1 Å². The molecule has 0 aliphatic carbocycles. The van der Waals surface area contributed by atoms with Crippen LogP contribution in [-0.4, -0.2) is 13.4 Å². The van der Waals surface area contributed by atoms with Gasteiger partial charge in [0.25, 0.3) is 10.0 Å². The zero-order chi connectivity index (χ0) is 14.6. The fourth-order valence-corrected chi connectivity index (χ4v) is 3.04. The number of rotatable bonds is 4. The second kappa shape index (κ2) is 6.03. The van der Waals surface area contributed by atoms with Gasteiger partial charge in [0.05, 0.1) is 21.9 Å². The number of sulfonamides is 1. The molecule has 0 spiro atoms. The van der Waals surface area contributed by atoms with E-state index in [1.54, 1.807) is 24.3 Å². The van der Waals surface area contributed by atoms with E-state index >= 15 is 0 Å². The molecule has 0 aliphatic heterocycles. The Morgan fingerprint density at radius 1 is 1.25 bits per heavy atom. The van der Waals surface area contributed by atoms with E-state index in [0.29, 0.717) is 4.47 Å². The smallest absolute Gasteiger partial charge is 0.262 e. The number of benzene rings is 1. The number of hydrogen-bond donors (Lipinski definition) is 1. The van der Waals surface area contributed by atoms with Crippen LogP contribution in [-0.2, 0) is 16.4 Å². The summed E-state index contributed by atoms with van der Waals surface area (Å²) >= 11 is 3.23. The van der Waals surface area contributed by atoms with Gasteiger partial charge in [-0.15, -0.1) is 0 Å². The molecule has 2 rings (SSSR count). The summed E-state index contributed by atoms with van der Waals surface area (Å²) in [5, 5.41) is 8.58. The Hall–Kier alpha value is -1.91. The predicted molar refractivity (Wildman–Crippen MR) is 78.5 cm³/mol. The van der Waals surface area contributed by atoms with Crippen molar-refractivity contribution in [1.29, 1.82) is 5.26 Å². The molecule has 5 nitrogen and oxygen atoms in total. The molecule has 0 unspecified atom stereocenters. The predicted octanol–water partition coefficient (Wildman–Crippen LogP) is 2.71. The average molecular weight is 352 g/mol. The molecule has 102 valence electrons. The summed E-state index contributed by atoms with van der Waals surface area (Å²) in [7, 11) is -3.69. The van der Waals surface area contributed by atoms with Gasteiger partial charge >= 0.3 is 0 Å². The summed E-state index contributed by atoms with van der Waals surface area (Å²) in [6.07, 6.45) is 1.75. The van der Waals surface area contributed by atoms with E-state index in [1.165, 1.54) is 18.3 Å². The third kappa shape index (κ3) is 3.35. The molecule has 2 aromatic rings. The molecule has 1 N–H and O–H groups in total. The number of nitrogens with zero attached hydrogens (tertiary/aromatic N) is 2. The summed E-state index contributed by atoms with van der Waals surface area (Å²) in [5.41, 5.74) is 0.769. The Balaban J connectivity index is 2.27. The highest BCUT2D eigenvalue weighted by Gasteiger charge is 2.16. The third-order valence-electron chi connectivity index (χ3n) is 2.51. The molecule has 1 aromatic heterocycles. The van der Waals surface area contributed by atoms with Gasteiger partial charge in [-0.3, -0.25) is 4.72 Å². The zero-order valence-electron chi connectivity index (χ0n) is 10.2. The van der Waals surface area contributed by atoms with Crippen molar-refractivity contribution in [1.82, 2.24) is 4.98 Å². The lowest BCUT2D eigenvalue weighted by Crippen LogP contribution is -2.14. The van der Waals surface area contributed by atoms with Crippen LogP contribution in [0.1, 0.15) is 5.56 Å². The molecule has 0 atom stereocenters. The Morgan fingerprint density at radius 3 is 2.55 bits per heavy atom. The van der Waals surface area contributed by atoms with E-state index in [1.807, 2.05) is 6.07 Å². The van der Waals surface area contributed by atoms with Gasteiger partial charge in [-0.2, -0.15) is 5.26 Å². The van der Waals surface area contributed by atoms with Crippen LogP contribution in [0.15, 0.2) is 52.0 Å². The lowest BCUT2D eigenvalue weighted by molar-refractivity contribution is 0.601. The van der Waals surface area contributed by atoms with Gasteiger partial charge in [-0.25, -0.2) is 13.4 Å². The van der Waals surface area contributed by atoms with E-state index in [-0.39, 0.29) is 17.1 Å². The highest BCUT2D eigenvalue weighted by atomic mass is 79.9. The maximum atomic E-state index is 12.2. The first kappa shape index (κ1) is 14.5. The lowest BCUT2D eigenvalue weighted by Gasteiger charge is -2.08. The summed E-state index contributed by atoms with van der Waals surface area (Å²) in [6.45, 7) is 0. The molecule has 0 amide bonds. The van der Waals surface area contributed by atoms with Crippen LogP contribution in [0.4, 0.5) is 5.82 Å². The Morgan fingerprint density at radius 2 is 1.95 bits per heavy atom. The topological polar surface area (TPSA) is 82.8 Å². The number of pyridine rings is 1. The zero-order valence-corrected chi connectivity index (χ0v) is 12.6. The molecule has 0 saturated heterocycles. The van der Waals surface area contributed by atoms with Crippen molar-refractivity contribution < 1.29 is 8.42 Å². The van der Waals surface area contributed by atoms with Gasteiger partial charge < -0.3 is 0 Å². The number of nitrogens with one attached hydrogen (secondary N) is 1. The quantitative estimate of drug-likeness (QED) is 0.917. The van der Waals surface area contributed by atoms with Crippen molar-refractivity contribution in [3.8, 4) is 6.07 Å². The largest absolute Gasteiger partial charge is 0.263 e. The van der Waals surface area contributed by atoms with Gasteiger partial charge in [-0.05, 0) is 45.8 Å². The minimum Gasteiger partial charge on any atom is -0.262 e. The third-order valence-corrected chi connectivity index (χ3v) is 4.50. The molecule has 20 heavy (non-hydrogen) atoms. The van der Waals surface area contributed by atoms with Gasteiger partial charge in [0.15, 0.2) is 5.82 Å². The molecule has 0 fully saturated rings. The van der Waals surface area contributed by atoms with E-state index in [0.717, 1.165) is 5.56 Å². The van der Waals surface area contributed by atoms with Crippen LogP contribution in [0.25, 0.3) is 0 Å². The van der Waals surface area contributed by atoms with Crippen molar-refractivity contribution in [2.75, 3.05) is 4.72 Å². The fourth-order valence-electron chi connectivity index (χ4n) is 1.52. The molecule has 0 aliphatic rings. The number of anilines is 1. The SMILES string of the molecule is N#CCc1ccc(S(=O)(=O)Nc2ncccc2Br)cc1. The van der Waals surface area contributed by atoms with E-state index in [9.17, 15) is 8.42 Å². The second-order valence-corrected chi connectivity index (χ2v) is 6.45. The highest BCUT2D eigenvalue weighted by Crippen LogP contribution is 2.22. The van der Waals surface area contributed by atoms with Gasteiger partial charge in [0, 0.05) is 6.20 Å². The van der Waals surface area contributed by atoms with Crippen LogP contribution in [0.3, 0.4) is 0 Å². The average Bonchev–Trinajstić information content (AvgIpc) is 2.42. The van der Waals surface area contributed by atoms with Crippen LogP contribution >= 0.6 is 15.9 Å². The summed E-state index contributed by atoms with van der Waals surface area (Å²) in [4.78, 5) is 4.08. The Labute approximate surface area is 125 Å². The molecule has 0 saturated carbocycles. The van der Waals surface area contributed by atoms with E-state index < -0.39 is 10.0 Å². The maximum Gasteiger partial charge on any atom is 0.263 e. The van der Waals surface area contributed by atoms with Crippen molar-refractivity contribution >= 4 is 31.8 Å². The molecule has 1 heterocycles. The van der Waals surface area contributed by atoms with Crippen LogP contribution in [0, 0.1) is 11.3 Å². The molecule has 7 heteroatoms. The first-order chi connectivity index (χ1) is 9.53. The Kier molecular flexibility index (Phi) is 4.37. The first-order valence-electron chi connectivity index (χ1n) is 5.62. The minimum atomic E-state index is -3.69. The molecule has 0 radical (unpaired) electrons. The number of halogens is 1. The van der Waals surface area contributed by atoms with Crippen molar-refractivity contribution in [2.45, 2.75) is 11.3 Å². The first-order valence-corrected chi connectivity index (χ1v) is 7.90. The van der Waals surface area contributed by atoms with Crippen LogP contribution < -0.4 is 4.72 Å². The molecular weight excluding hydrogens is 342 g/mol. The highest BCUT2D eigenvalue weighted by molar-refractivity contribution is 9.10. The van der Waals surface area contributed by atoms with Crippen molar-refractivity contribution in [3.05, 3.63) is 52.6 Å². The number of aromatic nitrogens is 1. The van der Waals surface area contributed by atoms with Crippen LogP contribution in [0.2, 0.25) is 0 Å². The van der Waals surface area contributed by atoms with Gasteiger partial charge in [0.2, 0.25) is 0 Å². The normalized spacial score (nSPS) is 10.8. The Bertz CT molecular complexity index is 752. The van der Waals surface area contributed by atoms with Crippen molar-refractivity contribution in [3.63, 3.8) is 0 Å². The maximum absolute atomic E-state index is 12.2. The fraction of sp³-hybridized carbons (Fsp3) is 0.0769. The summed E-state index contributed by atoms with van der Waals surface area (Å²) < 4.78 is 27.3. The number of nitriles is 1. The summed E-state index contributed by atoms with van der Waals surface area (Å²) in [6, 6.07) is 11.6. The monoisotopic (exact) mass is 351 g/mol. The van der Waals surface area contributed by atoms with E-state index in [4.69, 9.17) is 5.26 Å².